The highest BCUT2D eigenvalue weighted by Gasteiger charge is 2.31. The van der Waals surface area contributed by atoms with Gasteiger partial charge in [0.1, 0.15) is 24.1 Å². The van der Waals surface area contributed by atoms with E-state index in [4.69, 9.17) is 10.00 Å². The van der Waals surface area contributed by atoms with E-state index in [1.807, 2.05) is 6.07 Å². The summed E-state index contributed by atoms with van der Waals surface area (Å²) in [5.74, 6) is -0.0779. The lowest BCUT2D eigenvalue weighted by Crippen LogP contribution is -2.05. The zero-order valence-corrected chi connectivity index (χ0v) is 11.0. The van der Waals surface area contributed by atoms with Crippen molar-refractivity contribution in [2.24, 2.45) is 5.18 Å². The van der Waals surface area contributed by atoms with Crippen LogP contribution in [0.15, 0.2) is 41.8 Å². The Morgan fingerprint density at radius 3 is 2.68 bits per heavy atom. The van der Waals surface area contributed by atoms with Gasteiger partial charge in [-0.3, -0.25) is 4.98 Å². The van der Waals surface area contributed by atoms with Gasteiger partial charge in [-0.1, -0.05) is 11.2 Å². The van der Waals surface area contributed by atoms with E-state index in [9.17, 15) is 18.1 Å². The van der Waals surface area contributed by atoms with Crippen LogP contribution in [0.4, 0.5) is 13.2 Å². The maximum absolute atomic E-state index is 12.6. The molecule has 0 fully saturated rings. The predicted octanol–water partition coefficient (Wildman–Crippen LogP) is 4.03. The lowest BCUT2D eigenvalue weighted by atomic mass is 10.1. The van der Waals surface area contributed by atoms with Crippen molar-refractivity contribution in [3.8, 4) is 17.6 Å². The third-order valence-corrected chi connectivity index (χ3v) is 2.68. The molecule has 2 aromatic rings. The molecule has 22 heavy (non-hydrogen) atoms. The van der Waals surface area contributed by atoms with Gasteiger partial charge in [0.15, 0.2) is 0 Å². The molecule has 0 spiro atoms. The van der Waals surface area contributed by atoms with Crippen molar-refractivity contribution in [1.82, 2.24) is 4.98 Å². The molecule has 112 valence electrons. The van der Waals surface area contributed by atoms with Gasteiger partial charge < -0.3 is 4.74 Å². The Labute approximate surface area is 123 Å². The minimum Gasteiger partial charge on any atom is -0.454 e. The van der Waals surface area contributed by atoms with Gasteiger partial charge in [0.25, 0.3) is 0 Å². The highest BCUT2D eigenvalue weighted by Crippen LogP contribution is 2.32. The number of nitrogens with zero attached hydrogens (tertiary/aromatic N) is 3. The van der Waals surface area contributed by atoms with Gasteiger partial charge >= 0.3 is 6.18 Å². The van der Waals surface area contributed by atoms with Crippen LogP contribution in [0.25, 0.3) is 0 Å². The number of alkyl halides is 3. The lowest BCUT2D eigenvalue weighted by Gasteiger charge is -2.10. The van der Waals surface area contributed by atoms with Crippen LogP contribution in [-0.2, 0) is 12.7 Å². The fourth-order valence-corrected chi connectivity index (χ4v) is 1.68. The molecule has 1 aromatic heterocycles. The van der Waals surface area contributed by atoms with E-state index in [1.165, 1.54) is 18.2 Å². The van der Waals surface area contributed by atoms with Crippen LogP contribution < -0.4 is 4.74 Å². The molecular weight excluding hydrogens is 299 g/mol. The number of ether oxygens (including phenoxy) is 1. The number of nitriles is 1. The van der Waals surface area contributed by atoms with E-state index < -0.39 is 11.7 Å². The van der Waals surface area contributed by atoms with Crippen LogP contribution in [-0.4, -0.2) is 4.98 Å². The zero-order valence-electron chi connectivity index (χ0n) is 11.0. The monoisotopic (exact) mass is 307 g/mol. The van der Waals surface area contributed by atoms with Gasteiger partial charge in [-0.25, -0.2) is 0 Å². The minimum atomic E-state index is -4.54. The lowest BCUT2D eigenvalue weighted by molar-refractivity contribution is -0.137. The summed E-state index contributed by atoms with van der Waals surface area (Å²) in [5, 5.41) is 11.7. The number of hydrogen-bond acceptors (Lipinski definition) is 5. The molecule has 2 rings (SSSR count). The molecule has 5 nitrogen and oxygen atoms in total. The number of aromatic nitrogens is 1. The quantitative estimate of drug-likeness (QED) is 0.799. The summed E-state index contributed by atoms with van der Waals surface area (Å²) in [6.45, 7) is -0.111. The second-order valence-corrected chi connectivity index (χ2v) is 4.24. The van der Waals surface area contributed by atoms with Crippen LogP contribution in [0, 0.1) is 16.2 Å². The molecule has 0 amide bonds. The van der Waals surface area contributed by atoms with Crippen LogP contribution >= 0.6 is 0 Å². The van der Waals surface area contributed by atoms with Gasteiger partial charge in [0.05, 0.1) is 17.3 Å². The Morgan fingerprint density at radius 2 is 2.05 bits per heavy atom. The maximum atomic E-state index is 12.6. The van der Waals surface area contributed by atoms with E-state index in [1.54, 1.807) is 0 Å². The van der Waals surface area contributed by atoms with Crippen LogP contribution in [0.5, 0.6) is 11.5 Å². The molecule has 0 unspecified atom stereocenters. The Balaban J connectivity index is 2.31. The molecule has 0 bridgehead atoms. The molecule has 1 heterocycles. The van der Waals surface area contributed by atoms with Gasteiger partial charge in [0.2, 0.25) is 0 Å². The molecule has 0 radical (unpaired) electrons. The smallest absolute Gasteiger partial charge is 0.418 e. The SMILES string of the molecule is N#Cc1cc(CN=O)ccc1Oc1cncc(C(F)(F)F)c1. The Bertz CT molecular complexity index is 739. The van der Waals surface area contributed by atoms with Crippen LogP contribution in [0.3, 0.4) is 0 Å². The first-order chi connectivity index (χ1) is 10.4. The highest BCUT2D eigenvalue weighted by atomic mass is 19.4. The predicted molar refractivity (Wildman–Crippen MR) is 70.0 cm³/mol. The summed E-state index contributed by atoms with van der Waals surface area (Å²) in [5.41, 5.74) is -0.370. The van der Waals surface area contributed by atoms with Gasteiger partial charge in [-0.2, -0.15) is 23.3 Å². The molecule has 8 heteroatoms. The first-order valence-corrected chi connectivity index (χ1v) is 5.96. The number of rotatable bonds is 4. The molecular formula is C14H8F3N3O2. The molecule has 0 N–H and O–H groups in total. The summed E-state index contributed by atoms with van der Waals surface area (Å²) < 4.78 is 43.1. The van der Waals surface area contributed by atoms with Crippen LogP contribution in [0.2, 0.25) is 0 Å². The Kier molecular flexibility index (Phi) is 4.36. The van der Waals surface area contributed by atoms with Crippen molar-refractivity contribution >= 4 is 0 Å². The molecule has 0 aliphatic carbocycles. The normalized spacial score (nSPS) is 10.8. The standard InChI is InChI=1S/C14H8F3N3O2/c15-14(16,17)11-4-12(8-19-7-11)22-13-2-1-9(6-20-21)3-10(13)5-18/h1-4,7-8H,6H2. The maximum Gasteiger partial charge on any atom is 0.418 e. The fourth-order valence-electron chi connectivity index (χ4n) is 1.68. The summed E-state index contributed by atoms with van der Waals surface area (Å²) >= 11 is 0. The van der Waals surface area contributed by atoms with E-state index in [0.29, 0.717) is 11.8 Å². The van der Waals surface area contributed by atoms with Crippen molar-refractivity contribution in [3.05, 3.63) is 58.3 Å². The Morgan fingerprint density at radius 1 is 1.27 bits per heavy atom. The summed E-state index contributed by atoms with van der Waals surface area (Å²) in [6.07, 6.45) is -2.75. The number of pyridine rings is 1. The third-order valence-electron chi connectivity index (χ3n) is 2.68. The van der Waals surface area contributed by atoms with Gasteiger partial charge in [-0.05, 0) is 23.8 Å². The number of benzene rings is 1. The number of hydrogen-bond donors (Lipinski definition) is 0. The van der Waals surface area contributed by atoms with Gasteiger partial charge in [-0.15, -0.1) is 0 Å². The summed E-state index contributed by atoms with van der Waals surface area (Å²) in [4.78, 5) is 13.7. The Hall–Kier alpha value is -2.95. The van der Waals surface area contributed by atoms with E-state index in [2.05, 4.69) is 10.2 Å². The summed E-state index contributed by atoms with van der Waals surface area (Å²) in [7, 11) is 0. The molecule has 0 saturated carbocycles. The van der Waals surface area contributed by atoms with Crippen molar-refractivity contribution in [2.75, 3.05) is 0 Å². The van der Waals surface area contributed by atoms with E-state index in [0.717, 1.165) is 12.3 Å². The van der Waals surface area contributed by atoms with Crippen molar-refractivity contribution in [2.45, 2.75) is 12.7 Å². The second kappa shape index (κ2) is 6.22. The van der Waals surface area contributed by atoms with E-state index >= 15 is 0 Å². The first-order valence-electron chi connectivity index (χ1n) is 5.96. The molecule has 0 saturated heterocycles. The summed E-state index contributed by atoms with van der Waals surface area (Å²) in [6, 6.07) is 6.91. The van der Waals surface area contributed by atoms with Crippen molar-refractivity contribution in [3.63, 3.8) is 0 Å². The van der Waals surface area contributed by atoms with Crippen molar-refractivity contribution < 1.29 is 17.9 Å². The molecule has 1 aromatic carbocycles. The topological polar surface area (TPSA) is 75.3 Å². The first kappa shape index (κ1) is 15.4. The average Bonchev–Trinajstić information content (AvgIpc) is 2.48. The van der Waals surface area contributed by atoms with Crippen molar-refractivity contribution in [1.29, 1.82) is 5.26 Å². The van der Waals surface area contributed by atoms with Crippen LogP contribution in [0.1, 0.15) is 16.7 Å². The van der Waals surface area contributed by atoms with E-state index in [-0.39, 0.29) is 23.6 Å². The largest absolute Gasteiger partial charge is 0.454 e. The second-order valence-electron chi connectivity index (χ2n) is 4.24. The molecule has 0 aliphatic heterocycles. The molecule has 0 aliphatic rings. The number of nitroso groups, excluding NO2 is 1. The highest BCUT2D eigenvalue weighted by molar-refractivity contribution is 5.47. The average molecular weight is 307 g/mol. The number of halogens is 3. The molecule has 0 atom stereocenters. The third kappa shape index (κ3) is 3.58. The fraction of sp³-hybridized carbons (Fsp3) is 0.143. The van der Waals surface area contributed by atoms with Gasteiger partial charge in [0, 0.05) is 6.20 Å². The zero-order chi connectivity index (χ0) is 16.2. The minimum absolute atomic E-state index is 0.0678.